The molecule has 1 rings (SSSR count). The van der Waals surface area contributed by atoms with Gasteiger partial charge >= 0.3 is 34.2 Å². The molecule has 0 saturated heterocycles. The summed E-state index contributed by atoms with van der Waals surface area (Å²) in [6, 6.07) is 10.2. The van der Waals surface area contributed by atoms with E-state index in [-0.39, 0.29) is 0 Å². The van der Waals surface area contributed by atoms with Gasteiger partial charge in [-0.1, -0.05) is 30.3 Å². The normalized spacial score (nSPS) is 16.0. The summed E-state index contributed by atoms with van der Waals surface area (Å²) in [5.41, 5.74) is 0. The van der Waals surface area contributed by atoms with Crippen LogP contribution in [0.2, 0.25) is 45.8 Å². The van der Waals surface area contributed by atoms with Gasteiger partial charge in [0.25, 0.3) is 0 Å². The summed E-state index contributed by atoms with van der Waals surface area (Å²) in [7, 11) is -6.22. The molecule has 0 bridgehead atoms. The molecule has 0 amide bonds. The first-order valence-electron chi connectivity index (χ1n) is 8.11. The maximum Gasteiger partial charge on any atom is 0.351 e. The number of hydrogen-bond acceptors (Lipinski definition) is 5. The lowest BCUT2D eigenvalue weighted by atomic mass is 10.4. The molecular weight excluding hydrogens is 373 g/mol. The molecular formula is C15H32O5Si4. The van der Waals surface area contributed by atoms with Crippen LogP contribution in [0.15, 0.2) is 30.3 Å². The Balaban J connectivity index is 3.15. The summed E-state index contributed by atoms with van der Waals surface area (Å²) in [6.45, 7) is 14.3. The Morgan fingerprint density at radius 2 is 1.00 bits per heavy atom. The molecule has 0 heterocycles. The summed E-state index contributed by atoms with van der Waals surface area (Å²) in [5.74, 6) is 0. The Hall–Kier alpha value is -0.112. The van der Waals surface area contributed by atoms with E-state index >= 15 is 0 Å². The summed E-state index contributed by atoms with van der Waals surface area (Å²) < 4.78 is 30.6. The molecule has 0 fully saturated rings. The molecule has 0 radical (unpaired) electrons. The highest BCUT2D eigenvalue weighted by Gasteiger charge is 2.48. The number of hydrogen-bond donors (Lipinski definition) is 0. The summed E-state index contributed by atoms with van der Waals surface area (Å²) in [6.07, 6.45) is 0. The van der Waals surface area contributed by atoms with E-state index in [9.17, 15) is 0 Å². The summed E-state index contributed by atoms with van der Waals surface area (Å²) >= 11 is 0. The van der Waals surface area contributed by atoms with E-state index < -0.39 is 34.2 Å². The largest absolute Gasteiger partial charge is 0.415 e. The van der Waals surface area contributed by atoms with Crippen LogP contribution in [-0.2, 0) is 21.2 Å². The zero-order valence-electron chi connectivity index (χ0n) is 16.4. The van der Waals surface area contributed by atoms with E-state index in [4.69, 9.17) is 21.2 Å². The first kappa shape index (κ1) is 21.9. The molecule has 9 heteroatoms. The molecule has 1 aromatic rings. The van der Waals surface area contributed by atoms with Crippen LogP contribution in [0.1, 0.15) is 0 Å². The zero-order valence-corrected chi connectivity index (χ0v) is 20.4. The van der Waals surface area contributed by atoms with Gasteiger partial charge in [-0.25, -0.2) is 0 Å². The second kappa shape index (κ2) is 8.06. The van der Waals surface area contributed by atoms with Crippen LogP contribution in [0, 0.1) is 0 Å². The molecule has 24 heavy (non-hydrogen) atoms. The van der Waals surface area contributed by atoms with Crippen LogP contribution in [0.25, 0.3) is 0 Å². The van der Waals surface area contributed by atoms with Gasteiger partial charge in [0.15, 0.2) is 0 Å². The molecule has 0 aliphatic heterocycles. The Morgan fingerprint density at radius 3 is 1.46 bits per heavy atom. The van der Waals surface area contributed by atoms with Crippen molar-refractivity contribution >= 4 is 39.4 Å². The molecule has 0 N–H and O–H groups in total. The van der Waals surface area contributed by atoms with Gasteiger partial charge in [0.2, 0.25) is 0 Å². The molecule has 0 saturated carbocycles. The van der Waals surface area contributed by atoms with Crippen molar-refractivity contribution in [3.05, 3.63) is 30.3 Å². The Morgan fingerprint density at radius 1 is 0.583 bits per heavy atom. The van der Waals surface area contributed by atoms with Crippen molar-refractivity contribution in [1.82, 2.24) is 0 Å². The van der Waals surface area contributed by atoms with Gasteiger partial charge in [0, 0.05) is 14.2 Å². The highest BCUT2D eigenvalue weighted by Crippen LogP contribution is 2.24. The van der Waals surface area contributed by atoms with Crippen LogP contribution >= 0.6 is 0 Å². The lowest BCUT2D eigenvalue weighted by Crippen LogP contribution is -2.64. The molecule has 0 aliphatic rings. The van der Waals surface area contributed by atoms with Crippen LogP contribution in [0.4, 0.5) is 0 Å². The first-order chi connectivity index (χ1) is 10.8. The lowest BCUT2D eigenvalue weighted by Gasteiger charge is -2.41. The Kier molecular flexibility index (Phi) is 7.36. The van der Waals surface area contributed by atoms with Gasteiger partial charge < -0.3 is 21.2 Å². The predicted molar refractivity (Wildman–Crippen MR) is 107 cm³/mol. The van der Waals surface area contributed by atoms with Crippen LogP contribution in [0.5, 0.6) is 0 Å². The fraction of sp³-hybridized carbons (Fsp3) is 0.600. The fourth-order valence-corrected chi connectivity index (χ4v) is 18.2. The maximum atomic E-state index is 6.63. The molecule has 0 aromatic heterocycles. The van der Waals surface area contributed by atoms with Gasteiger partial charge in [0.05, 0.1) is 0 Å². The van der Waals surface area contributed by atoms with E-state index in [1.807, 2.05) is 44.4 Å². The highest BCUT2D eigenvalue weighted by molar-refractivity contribution is 6.93. The van der Waals surface area contributed by atoms with Crippen molar-refractivity contribution < 1.29 is 21.2 Å². The molecule has 138 valence electrons. The minimum absolute atomic E-state index is 1.09. The molecule has 0 spiro atoms. The minimum atomic E-state index is -2.69. The average Bonchev–Trinajstić information content (AvgIpc) is 2.46. The third-order valence-electron chi connectivity index (χ3n) is 3.65. The van der Waals surface area contributed by atoms with Crippen molar-refractivity contribution in [2.24, 2.45) is 0 Å². The standard InChI is InChI=1S/C15H32O5Si4/c1-16-21(3,4)18-23(7,8)20-24(9,19-22(5,6)17-2)15-13-11-10-12-14-15/h10-14H,1-9H3. The van der Waals surface area contributed by atoms with Gasteiger partial charge in [-0.05, 0) is 51.0 Å². The molecule has 0 aliphatic carbocycles. The number of benzene rings is 1. The van der Waals surface area contributed by atoms with E-state index in [2.05, 4.69) is 31.8 Å². The maximum absolute atomic E-state index is 6.63. The van der Waals surface area contributed by atoms with Crippen molar-refractivity contribution in [3.63, 3.8) is 0 Å². The van der Waals surface area contributed by atoms with E-state index in [1.54, 1.807) is 14.2 Å². The SMILES string of the molecule is CO[Si](C)(C)O[Si](C)(C)O[Si](C)(O[Si](C)(C)OC)c1ccccc1. The topological polar surface area (TPSA) is 46.2 Å². The zero-order chi connectivity index (χ0) is 18.6. The molecule has 1 atom stereocenters. The van der Waals surface area contributed by atoms with Gasteiger partial charge in [-0.15, -0.1) is 0 Å². The van der Waals surface area contributed by atoms with Crippen molar-refractivity contribution in [2.75, 3.05) is 14.2 Å². The van der Waals surface area contributed by atoms with Gasteiger partial charge in [0.1, 0.15) is 0 Å². The van der Waals surface area contributed by atoms with Crippen molar-refractivity contribution in [1.29, 1.82) is 0 Å². The third-order valence-corrected chi connectivity index (χ3v) is 18.0. The van der Waals surface area contributed by atoms with Crippen molar-refractivity contribution in [2.45, 2.75) is 45.8 Å². The fourth-order valence-electron chi connectivity index (χ4n) is 2.51. The Labute approximate surface area is 151 Å². The average molecular weight is 405 g/mol. The van der Waals surface area contributed by atoms with E-state index in [0.29, 0.717) is 0 Å². The minimum Gasteiger partial charge on any atom is -0.415 e. The smallest absolute Gasteiger partial charge is 0.351 e. The third kappa shape index (κ3) is 6.65. The first-order valence-corrected chi connectivity index (χ1v) is 18.9. The molecule has 5 nitrogen and oxygen atoms in total. The summed E-state index contributed by atoms with van der Waals surface area (Å²) in [5, 5.41) is 1.09. The number of rotatable bonds is 9. The van der Waals surface area contributed by atoms with Crippen LogP contribution in [0.3, 0.4) is 0 Å². The quantitative estimate of drug-likeness (QED) is 0.590. The van der Waals surface area contributed by atoms with Crippen molar-refractivity contribution in [3.8, 4) is 0 Å². The predicted octanol–water partition coefficient (Wildman–Crippen LogP) is 3.41. The highest BCUT2D eigenvalue weighted by atomic mass is 28.5. The monoisotopic (exact) mass is 404 g/mol. The lowest BCUT2D eigenvalue weighted by molar-refractivity contribution is 0.249. The van der Waals surface area contributed by atoms with Crippen LogP contribution < -0.4 is 5.19 Å². The van der Waals surface area contributed by atoms with E-state index in [0.717, 1.165) is 5.19 Å². The second-order valence-electron chi connectivity index (χ2n) is 7.23. The van der Waals surface area contributed by atoms with E-state index in [1.165, 1.54) is 0 Å². The van der Waals surface area contributed by atoms with Gasteiger partial charge in [-0.2, -0.15) is 0 Å². The molecule has 1 unspecified atom stereocenters. The van der Waals surface area contributed by atoms with Crippen LogP contribution in [-0.4, -0.2) is 48.5 Å². The van der Waals surface area contributed by atoms with Gasteiger partial charge in [-0.3, -0.25) is 0 Å². The molecule has 1 aromatic carbocycles. The Bertz CT molecular complexity index is 524. The second-order valence-corrected chi connectivity index (χ2v) is 21.4. The summed E-state index contributed by atoms with van der Waals surface area (Å²) in [4.78, 5) is 0.